The largest absolute Gasteiger partial charge is 0.476 e. The van der Waals surface area contributed by atoms with E-state index >= 15 is 0 Å². The Morgan fingerprint density at radius 3 is 2.61 bits per heavy atom. The molecule has 5 heteroatoms. The van der Waals surface area contributed by atoms with Crippen LogP contribution < -0.4 is 0 Å². The lowest BCUT2D eigenvalue weighted by atomic mass is 10.1. The van der Waals surface area contributed by atoms with Crippen molar-refractivity contribution in [1.82, 2.24) is 15.0 Å². The summed E-state index contributed by atoms with van der Waals surface area (Å²) in [7, 11) is 0. The van der Waals surface area contributed by atoms with Gasteiger partial charge in [-0.2, -0.15) is 0 Å². The van der Waals surface area contributed by atoms with E-state index in [4.69, 9.17) is 5.11 Å². The molecule has 1 atom stereocenters. The molecule has 5 nitrogen and oxygen atoms in total. The van der Waals surface area contributed by atoms with E-state index in [9.17, 15) is 4.79 Å². The SMILES string of the molecule is CCc1c(C(=O)O)nnn1C(C)c1ccccc1. The molecule has 18 heavy (non-hydrogen) atoms. The average molecular weight is 245 g/mol. The van der Waals surface area contributed by atoms with Gasteiger partial charge >= 0.3 is 5.97 Å². The molecular weight excluding hydrogens is 230 g/mol. The number of carbonyl (C=O) groups is 1. The maximum atomic E-state index is 11.0. The molecule has 0 bridgehead atoms. The van der Waals surface area contributed by atoms with Crippen molar-refractivity contribution in [3.05, 3.63) is 47.3 Å². The van der Waals surface area contributed by atoms with E-state index < -0.39 is 5.97 Å². The van der Waals surface area contributed by atoms with Crippen LogP contribution in [0.3, 0.4) is 0 Å². The first-order valence-corrected chi connectivity index (χ1v) is 5.87. The van der Waals surface area contributed by atoms with Crippen LogP contribution in [0.25, 0.3) is 0 Å². The number of aromatic carboxylic acids is 1. The predicted molar refractivity (Wildman–Crippen MR) is 66.6 cm³/mol. The van der Waals surface area contributed by atoms with Crippen molar-refractivity contribution in [2.45, 2.75) is 26.3 Å². The maximum absolute atomic E-state index is 11.0. The molecule has 0 amide bonds. The fourth-order valence-corrected chi connectivity index (χ4v) is 1.99. The van der Waals surface area contributed by atoms with Crippen LogP contribution in [0.1, 0.15) is 41.6 Å². The number of benzene rings is 1. The molecule has 1 aromatic carbocycles. The summed E-state index contributed by atoms with van der Waals surface area (Å²) in [6.07, 6.45) is 0.589. The van der Waals surface area contributed by atoms with Crippen LogP contribution in [0.2, 0.25) is 0 Å². The third-order valence-corrected chi connectivity index (χ3v) is 2.98. The molecule has 94 valence electrons. The summed E-state index contributed by atoms with van der Waals surface area (Å²) in [4.78, 5) is 11.0. The molecule has 1 heterocycles. The fraction of sp³-hybridized carbons (Fsp3) is 0.308. The molecule has 0 fully saturated rings. The van der Waals surface area contributed by atoms with E-state index in [2.05, 4.69) is 10.3 Å². The number of carboxylic acids is 1. The molecule has 0 aliphatic carbocycles. The summed E-state index contributed by atoms with van der Waals surface area (Å²) >= 11 is 0. The number of nitrogens with zero attached hydrogens (tertiary/aromatic N) is 3. The first kappa shape index (κ1) is 12.3. The maximum Gasteiger partial charge on any atom is 0.358 e. The number of hydrogen-bond acceptors (Lipinski definition) is 3. The van der Waals surface area contributed by atoms with Crippen LogP contribution >= 0.6 is 0 Å². The quantitative estimate of drug-likeness (QED) is 0.896. The molecule has 0 aliphatic rings. The van der Waals surface area contributed by atoms with E-state index in [0.29, 0.717) is 12.1 Å². The van der Waals surface area contributed by atoms with Gasteiger partial charge in [0.25, 0.3) is 0 Å². The standard InChI is InChI=1S/C13H15N3O2/c1-3-11-12(13(17)18)14-15-16(11)9(2)10-7-5-4-6-8-10/h4-9H,3H2,1-2H3,(H,17,18). The van der Waals surface area contributed by atoms with Crippen LogP contribution in [0, 0.1) is 0 Å². The zero-order valence-corrected chi connectivity index (χ0v) is 10.4. The van der Waals surface area contributed by atoms with E-state index in [1.54, 1.807) is 4.68 Å². The number of carboxylic acid groups (broad SMARTS) is 1. The Hall–Kier alpha value is -2.17. The van der Waals surface area contributed by atoms with Gasteiger partial charge in [-0.25, -0.2) is 9.48 Å². The van der Waals surface area contributed by atoms with Gasteiger partial charge in [0.05, 0.1) is 11.7 Å². The highest BCUT2D eigenvalue weighted by molar-refractivity contribution is 5.86. The Labute approximate surface area is 105 Å². The minimum Gasteiger partial charge on any atom is -0.476 e. The molecule has 2 aromatic rings. The van der Waals surface area contributed by atoms with Gasteiger partial charge in [-0.1, -0.05) is 42.5 Å². The second kappa shape index (κ2) is 5.00. The first-order valence-electron chi connectivity index (χ1n) is 5.87. The summed E-state index contributed by atoms with van der Waals surface area (Å²) in [6.45, 7) is 3.88. The van der Waals surface area contributed by atoms with E-state index in [-0.39, 0.29) is 11.7 Å². The van der Waals surface area contributed by atoms with E-state index in [1.807, 2.05) is 44.2 Å². The normalized spacial score (nSPS) is 12.3. The van der Waals surface area contributed by atoms with Gasteiger partial charge in [0.2, 0.25) is 0 Å². The summed E-state index contributed by atoms with van der Waals surface area (Å²) in [5.41, 5.74) is 1.77. The van der Waals surface area contributed by atoms with Crippen molar-refractivity contribution in [2.24, 2.45) is 0 Å². The third-order valence-electron chi connectivity index (χ3n) is 2.98. The average Bonchev–Trinajstić information content (AvgIpc) is 2.82. The Balaban J connectivity index is 2.43. The van der Waals surface area contributed by atoms with Crippen LogP contribution in [0.15, 0.2) is 30.3 Å². The highest BCUT2D eigenvalue weighted by atomic mass is 16.4. The number of rotatable bonds is 4. The second-order valence-electron chi connectivity index (χ2n) is 4.07. The lowest BCUT2D eigenvalue weighted by molar-refractivity contribution is 0.0689. The lowest BCUT2D eigenvalue weighted by Gasteiger charge is -2.14. The Morgan fingerprint density at radius 2 is 2.06 bits per heavy atom. The summed E-state index contributed by atoms with van der Waals surface area (Å²) in [5, 5.41) is 16.8. The summed E-state index contributed by atoms with van der Waals surface area (Å²) in [5.74, 6) is -1.03. The van der Waals surface area contributed by atoms with Gasteiger partial charge in [0.15, 0.2) is 5.69 Å². The van der Waals surface area contributed by atoms with Crippen molar-refractivity contribution in [3.63, 3.8) is 0 Å². The summed E-state index contributed by atoms with van der Waals surface area (Å²) in [6, 6.07) is 9.81. The Morgan fingerprint density at radius 1 is 1.39 bits per heavy atom. The molecule has 1 aromatic heterocycles. The van der Waals surface area contributed by atoms with Crippen LogP contribution in [0.5, 0.6) is 0 Å². The second-order valence-corrected chi connectivity index (χ2v) is 4.07. The van der Waals surface area contributed by atoms with Crippen molar-refractivity contribution >= 4 is 5.97 Å². The van der Waals surface area contributed by atoms with Crippen LogP contribution in [-0.2, 0) is 6.42 Å². The van der Waals surface area contributed by atoms with Crippen molar-refractivity contribution < 1.29 is 9.90 Å². The van der Waals surface area contributed by atoms with Crippen LogP contribution in [-0.4, -0.2) is 26.1 Å². The molecule has 0 radical (unpaired) electrons. The molecular formula is C13H15N3O2. The third kappa shape index (κ3) is 2.11. The van der Waals surface area contributed by atoms with Crippen LogP contribution in [0.4, 0.5) is 0 Å². The number of hydrogen-bond donors (Lipinski definition) is 1. The Kier molecular flexibility index (Phi) is 3.41. The summed E-state index contributed by atoms with van der Waals surface area (Å²) < 4.78 is 1.68. The fourth-order valence-electron chi connectivity index (χ4n) is 1.99. The highest BCUT2D eigenvalue weighted by Gasteiger charge is 2.20. The predicted octanol–water partition coefficient (Wildman–Crippen LogP) is 2.15. The van der Waals surface area contributed by atoms with E-state index in [0.717, 1.165) is 5.56 Å². The van der Waals surface area contributed by atoms with Gasteiger partial charge in [-0.3, -0.25) is 0 Å². The van der Waals surface area contributed by atoms with Gasteiger partial charge in [0, 0.05) is 0 Å². The smallest absolute Gasteiger partial charge is 0.358 e. The van der Waals surface area contributed by atoms with Crippen molar-refractivity contribution in [1.29, 1.82) is 0 Å². The Bertz CT molecular complexity index is 549. The van der Waals surface area contributed by atoms with E-state index in [1.165, 1.54) is 0 Å². The highest BCUT2D eigenvalue weighted by Crippen LogP contribution is 2.20. The molecule has 0 spiro atoms. The molecule has 1 N–H and O–H groups in total. The molecule has 0 saturated carbocycles. The zero-order valence-electron chi connectivity index (χ0n) is 10.4. The van der Waals surface area contributed by atoms with Gasteiger partial charge in [0.1, 0.15) is 0 Å². The first-order chi connectivity index (χ1) is 8.65. The number of aromatic nitrogens is 3. The minimum absolute atomic E-state index is 0.0262. The lowest BCUT2D eigenvalue weighted by Crippen LogP contribution is -2.13. The minimum atomic E-state index is -1.03. The molecule has 0 aliphatic heterocycles. The van der Waals surface area contributed by atoms with Crippen molar-refractivity contribution in [3.8, 4) is 0 Å². The van der Waals surface area contributed by atoms with Gasteiger partial charge < -0.3 is 5.11 Å². The molecule has 1 unspecified atom stereocenters. The van der Waals surface area contributed by atoms with Gasteiger partial charge in [-0.05, 0) is 18.9 Å². The monoisotopic (exact) mass is 245 g/mol. The molecule has 2 rings (SSSR count). The molecule has 0 saturated heterocycles. The van der Waals surface area contributed by atoms with Crippen molar-refractivity contribution in [2.75, 3.05) is 0 Å². The van der Waals surface area contributed by atoms with Gasteiger partial charge in [-0.15, -0.1) is 5.10 Å². The zero-order chi connectivity index (χ0) is 13.1. The topological polar surface area (TPSA) is 68.0 Å².